The lowest BCUT2D eigenvalue weighted by atomic mass is 9.76. The maximum Gasteiger partial charge on any atom is 0.223 e. The van der Waals surface area contributed by atoms with Gasteiger partial charge < -0.3 is 4.90 Å². The van der Waals surface area contributed by atoms with E-state index in [1.54, 1.807) is 0 Å². The first kappa shape index (κ1) is 12.4. The van der Waals surface area contributed by atoms with Crippen molar-refractivity contribution in [3.05, 3.63) is 24.3 Å². The molecule has 0 aromatic heterocycles. The number of rotatable bonds is 3. The molecule has 94 valence electrons. The summed E-state index contributed by atoms with van der Waals surface area (Å²) in [6.07, 6.45) is 12.8. The number of piperidine rings is 1. The molecule has 0 aromatic rings. The molecule has 0 saturated carbocycles. The Hall–Kier alpha value is -1.05. The molecule has 2 aliphatic rings. The molecular formula is C15H23NO. The molecule has 0 spiro atoms. The molecule has 1 aliphatic heterocycles. The molecular weight excluding hydrogens is 210 g/mol. The number of likely N-dealkylation sites (tertiary alicyclic amines) is 1. The first-order valence-corrected chi connectivity index (χ1v) is 6.72. The second-order valence-electron chi connectivity index (χ2n) is 5.90. The van der Waals surface area contributed by atoms with Crippen LogP contribution in [-0.4, -0.2) is 23.9 Å². The molecule has 0 unspecified atom stereocenters. The van der Waals surface area contributed by atoms with Crippen molar-refractivity contribution in [3.63, 3.8) is 0 Å². The van der Waals surface area contributed by atoms with Gasteiger partial charge in [0.2, 0.25) is 5.91 Å². The Labute approximate surface area is 104 Å². The van der Waals surface area contributed by atoms with Crippen molar-refractivity contribution in [3.8, 4) is 0 Å². The lowest BCUT2D eigenvalue weighted by Gasteiger charge is -2.33. The maximum absolute atomic E-state index is 12.2. The minimum absolute atomic E-state index is 0.0397. The third-order valence-electron chi connectivity index (χ3n) is 3.97. The van der Waals surface area contributed by atoms with Gasteiger partial charge in [0.1, 0.15) is 0 Å². The molecule has 1 fully saturated rings. The van der Waals surface area contributed by atoms with Gasteiger partial charge in [-0.05, 0) is 24.7 Å². The molecule has 17 heavy (non-hydrogen) atoms. The minimum atomic E-state index is 0.0397. The van der Waals surface area contributed by atoms with E-state index in [0.29, 0.717) is 18.2 Å². The van der Waals surface area contributed by atoms with Crippen molar-refractivity contribution in [2.24, 2.45) is 11.3 Å². The highest BCUT2D eigenvalue weighted by Gasteiger charge is 2.31. The van der Waals surface area contributed by atoms with E-state index >= 15 is 0 Å². The zero-order valence-electron chi connectivity index (χ0n) is 11.0. The molecule has 1 aliphatic carbocycles. The Morgan fingerprint density at radius 2 is 1.76 bits per heavy atom. The monoisotopic (exact) mass is 233 g/mol. The minimum Gasteiger partial charge on any atom is -0.343 e. The van der Waals surface area contributed by atoms with E-state index in [1.807, 2.05) is 4.90 Å². The molecule has 1 saturated heterocycles. The summed E-state index contributed by atoms with van der Waals surface area (Å²) in [5, 5.41) is 0. The van der Waals surface area contributed by atoms with Crippen LogP contribution in [0.5, 0.6) is 0 Å². The van der Waals surface area contributed by atoms with Gasteiger partial charge in [-0.2, -0.15) is 0 Å². The van der Waals surface area contributed by atoms with Crippen LogP contribution in [0.15, 0.2) is 24.3 Å². The molecule has 0 aromatic carbocycles. The van der Waals surface area contributed by atoms with Crippen molar-refractivity contribution in [1.82, 2.24) is 4.90 Å². The average Bonchev–Trinajstić information content (AvgIpc) is 2.84. The fraction of sp³-hybridized carbons (Fsp3) is 0.667. The van der Waals surface area contributed by atoms with E-state index in [1.165, 1.54) is 19.3 Å². The van der Waals surface area contributed by atoms with E-state index in [-0.39, 0.29) is 5.41 Å². The van der Waals surface area contributed by atoms with Gasteiger partial charge in [-0.3, -0.25) is 4.79 Å². The number of carbonyl (C=O) groups is 1. The predicted octanol–water partition coefficient (Wildman–Crippen LogP) is 3.16. The summed E-state index contributed by atoms with van der Waals surface area (Å²) in [6, 6.07) is 0. The summed E-state index contributed by atoms with van der Waals surface area (Å²) in [7, 11) is 0. The van der Waals surface area contributed by atoms with Crippen molar-refractivity contribution >= 4 is 5.91 Å². The average molecular weight is 233 g/mol. The second-order valence-corrected chi connectivity index (χ2v) is 5.90. The summed E-state index contributed by atoms with van der Waals surface area (Å²) in [6.45, 7) is 6.32. The summed E-state index contributed by atoms with van der Waals surface area (Å²) < 4.78 is 0. The third kappa shape index (κ3) is 2.99. The van der Waals surface area contributed by atoms with Crippen LogP contribution in [0.2, 0.25) is 0 Å². The molecule has 1 amide bonds. The molecule has 0 radical (unpaired) electrons. The molecule has 1 heterocycles. The number of allylic oxidation sites excluding steroid dienone is 4. The van der Waals surface area contributed by atoms with Crippen LogP contribution in [-0.2, 0) is 4.79 Å². The van der Waals surface area contributed by atoms with E-state index in [4.69, 9.17) is 0 Å². The number of hydrogen-bond donors (Lipinski definition) is 0. The van der Waals surface area contributed by atoms with Crippen LogP contribution in [0, 0.1) is 11.3 Å². The Morgan fingerprint density at radius 3 is 2.35 bits per heavy atom. The zero-order valence-corrected chi connectivity index (χ0v) is 11.0. The maximum atomic E-state index is 12.2. The Balaban J connectivity index is 1.92. The van der Waals surface area contributed by atoms with E-state index < -0.39 is 0 Å². The van der Waals surface area contributed by atoms with Crippen LogP contribution < -0.4 is 0 Å². The van der Waals surface area contributed by atoms with Gasteiger partial charge in [-0.1, -0.05) is 38.2 Å². The number of amides is 1. The number of carbonyl (C=O) groups excluding carboxylic acids is 1. The smallest absolute Gasteiger partial charge is 0.223 e. The van der Waals surface area contributed by atoms with Gasteiger partial charge >= 0.3 is 0 Å². The van der Waals surface area contributed by atoms with Crippen LogP contribution >= 0.6 is 0 Å². The fourth-order valence-electron chi connectivity index (χ4n) is 2.72. The highest BCUT2D eigenvalue weighted by Crippen LogP contribution is 2.35. The van der Waals surface area contributed by atoms with Gasteiger partial charge in [0, 0.05) is 25.4 Å². The molecule has 2 nitrogen and oxygen atoms in total. The summed E-state index contributed by atoms with van der Waals surface area (Å²) in [5.41, 5.74) is 0.0397. The molecule has 0 bridgehead atoms. The highest BCUT2D eigenvalue weighted by atomic mass is 16.2. The predicted molar refractivity (Wildman–Crippen MR) is 70.6 cm³/mol. The Morgan fingerprint density at radius 1 is 1.18 bits per heavy atom. The standard InChI is InChI=1S/C15H23NO/c1-15(2,13-8-4-5-9-13)12-14(17)16-10-6-3-7-11-16/h4-5,8-9,13H,3,6-7,10-12H2,1-2H3. The molecule has 2 rings (SSSR count). The third-order valence-corrected chi connectivity index (χ3v) is 3.97. The van der Waals surface area contributed by atoms with Crippen LogP contribution in [0.25, 0.3) is 0 Å². The van der Waals surface area contributed by atoms with Crippen molar-refractivity contribution in [2.45, 2.75) is 39.5 Å². The van der Waals surface area contributed by atoms with E-state index in [9.17, 15) is 4.79 Å². The quantitative estimate of drug-likeness (QED) is 0.733. The molecule has 0 N–H and O–H groups in total. The van der Waals surface area contributed by atoms with Gasteiger partial charge in [-0.25, -0.2) is 0 Å². The first-order chi connectivity index (χ1) is 8.09. The van der Waals surface area contributed by atoms with Gasteiger partial charge in [0.05, 0.1) is 0 Å². The van der Waals surface area contributed by atoms with Crippen LogP contribution in [0.1, 0.15) is 39.5 Å². The lowest BCUT2D eigenvalue weighted by Crippen LogP contribution is -2.39. The Kier molecular flexibility index (Phi) is 3.70. The first-order valence-electron chi connectivity index (χ1n) is 6.72. The van der Waals surface area contributed by atoms with Crippen molar-refractivity contribution < 1.29 is 4.79 Å². The normalized spacial score (nSPS) is 21.2. The van der Waals surface area contributed by atoms with Crippen LogP contribution in [0.3, 0.4) is 0 Å². The summed E-state index contributed by atoms with van der Waals surface area (Å²) >= 11 is 0. The number of hydrogen-bond acceptors (Lipinski definition) is 1. The zero-order chi connectivity index (χ0) is 12.3. The fourth-order valence-corrected chi connectivity index (χ4v) is 2.72. The topological polar surface area (TPSA) is 20.3 Å². The Bertz CT molecular complexity index is 323. The number of nitrogens with zero attached hydrogens (tertiary/aromatic N) is 1. The van der Waals surface area contributed by atoms with Gasteiger partial charge in [0.15, 0.2) is 0 Å². The highest BCUT2D eigenvalue weighted by molar-refractivity contribution is 5.77. The molecule has 2 heteroatoms. The van der Waals surface area contributed by atoms with E-state index in [2.05, 4.69) is 38.2 Å². The lowest BCUT2D eigenvalue weighted by molar-refractivity contribution is -0.134. The van der Waals surface area contributed by atoms with Crippen molar-refractivity contribution in [1.29, 1.82) is 0 Å². The van der Waals surface area contributed by atoms with Crippen LogP contribution in [0.4, 0.5) is 0 Å². The van der Waals surface area contributed by atoms with Gasteiger partial charge in [0.25, 0.3) is 0 Å². The van der Waals surface area contributed by atoms with Gasteiger partial charge in [-0.15, -0.1) is 0 Å². The second kappa shape index (κ2) is 5.07. The largest absolute Gasteiger partial charge is 0.343 e. The molecule has 0 atom stereocenters. The summed E-state index contributed by atoms with van der Waals surface area (Å²) in [5.74, 6) is 0.750. The van der Waals surface area contributed by atoms with Crippen molar-refractivity contribution in [2.75, 3.05) is 13.1 Å². The van der Waals surface area contributed by atoms with E-state index in [0.717, 1.165) is 13.1 Å². The summed E-state index contributed by atoms with van der Waals surface area (Å²) in [4.78, 5) is 14.3. The SMILES string of the molecule is CC(C)(CC(=O)N1CCCCC1)C1C=CC=C1.